The Labute approximate surface area is 148 Å². The first kappa shape index (κ1) is 17.2. The van der Waals surface area contributed by atoms with Gasteiger partial charge in [0.25, 0.3) is 5.91 Å². The first-order valence-electron chi connectivity index (χ1n) is 7.63. The molecule has 3 rings (SSSR count). The second-order valence-electron chi connectivity index (χ2n) is 5.65. The lowest BCUT2D eigenvalue weighted by molar-refractivity contribution is -0.385. The van der Waals surface area contributed by atoms with Gasteiger partial charge in [0.15, 0.2) is 5.75 Å². The largest absolute Gasteiger partial charge is 0.490 e. The predicted molar refractivity (Wildman–Crippen MR) is 92.0 cm³/mol. The van der Waals surface area contributed by atoms with Gasteiger partial charge in [0.05, 0.1) is 12.0 Å². The predicted octanol–water partition coefficient (Wildman–Crippen LogP) is 1.51. The number of benzene rings is 1. The Hall–Kier alpha value is -2.59. The second-order valence-corrected chi connectivity index (χ2v) is 6.63. The highest BCUT2D eigenvalue weighted by molar-refractivity contribution is 7.16. The highest BCUT2D eigenvalue weighted by Crippen LogP contribution is 2.33. The number of ether oxygens (including phenoxy) is 1. The minimum atomic E-state index is -0.509. The lowest BCUT2D eigenvalue weighted by Crippen LogP contribution is -2.47. The molecule has 1 aliphatic rings. The Bertz CT molecular complexity index is 801. The molecule has 10 heteroatoms. The minimum absolute atomic E-state index is 0.121. The molecule has 1 amide bonds. The van der Waals surface area contributed by atoms with Gasteiger partial charge in [0.2, 0.25) is 5.01 Å². The topological polar surface area (TPSA) is 102 Å². The average Bonchev–Trinajstić information content (AvgIpc) is 3.11. The van der Waals surface area contributed by atoms with Crippen molar-refractivity contribution in [3.63, 3.8) is 0 Å². The van der Waals surface area contributed by atoms with Crippen molar-refractivity contribution in [2.24, 2.45) is 0 Å². The monoisotopic (exact) mass is 363 g/mol. The zero-order valence-electron chi connectivity index (χ0n) is 13.8. The Morgan fingerprint density at radius 3 is 2.64 bits per heavy atom. The van der Waals surface area contributed by atoms with Crippen molar-refractivity contribution >= 4 is 22.9 Å². The number of amides is 1. The van der Waals surface area contributed by atoms with Crippen LogP contribution >= 0.6 is 11.3 Å². The molecule has 0 atom stereocenters. The number of nitro benzene ring substituents is 1. The molecule has 1 fully saturated rings. The zero-order valence-corrected chi connectivity index (χ0v) is 14.7. The molecule has 9 nitrogen and oxygen atoms in total. The van der Waals surface area contributed by atoms with E-state index < -0.39 is 4.92 Å². The Balaban J connectivity index is 1.81. The van der Waals surface area contributed by atoms with Crippen molar-refractivity contribution in [3.8, 4) is 16.3 Å². The quantitative estimate of drug-likeness (QED) is 0.599. The summed E-state index contributed by atoms with van der Waals surface area (Å²) in [5.74, 6) is 0.00960. The number of likely N-dealkylation sites (N-methyl/N-ethyl adjacent to an activating group) is 1. The summed E-state index contributed by atoms with van der Waals surface area (Å²) in [5, 5.41) is 19.8. The average molecular weight is 363 g/mol. The minimum Gasteiger partial charge on any atom is -0.490 e. The molecule has 132 valence electrons. The van der Waals surface area contributed by atoms with Crippen molar-refractivity contribution in [2.75, 3.05) is 40.3 Å². The Morgan fingerprint density at radius 1 is 1.28 bits per heavy atom. The molecule has 2 heterocycles. The van der Waals surface area contributed by atoms with Gasteiger partial charge in [-0.3, -0.25) is 14.9 Å². The fourth-order valence-electron chi connectivity index (χ4n) is 2.53. The van der Waals surface area contributed by atoms with Gasteiger partial charge in [0, 0.05) is 37.8 Å². The van der Waals surface area contributed by atoms with E-state index in [1.165, 1.54) is 30.6 Å². The molecule has 0 bridgehead atoms. The maximum absolute atomic E-state index is 12.5. The number of carbonyl (C=O) groups is 1. The van der Waals surface area contributed by atoms with Crippen LogP contribution in [0.25, 0.3) is 10.6 Å². The van der Waals surface area contributed by atoms with Crippen LogP contribution in [0.2, 0.25) is 0 Å². The van der Waals surface area contributed by atoms with Crippen LogP contribution in [0.15, 0.2) is 18.2 Å². The molecule has 1 aliphatic heterocycles. The molecule has 0 saturated carbocycles. The van der Waals surface area contributed by atoms with Crippen LogP contribution in [0.4, 0.5) is 5.69 Å². The fourth-order valence-corrected chi connectivity index (χ4v) is 3.34. The highest BCUT2D eigenvalue weighted by atomic mass is 32.1. The van der Waals surface area contributed by atoms with Crippen LogP contribution in [0, 0.1) is 10.1 Å². The van der Waals surface area contributed by atoms with Crippen LogP contribution in [0.1, 0.15) is 9.80 Å². The number of aromatic nitrogens is 2. The third-order valence-electron chi connectivity index (χ3n) is 4.02. The Kier molecular flexibility index (Phi) is 4.91. The van der Waals surface area contributed by atoms with Crippen LogP contribution < -0.4 is 4.74 Å². The molecule has 25 heavy (non-hydrogen) atoms. The van der Waals surface area contributed by atoms with Gasteiger partial charge in [-0.05, 0) is 19.2 Å². The summed E-state index contributed by atoms with van der Waals surface area (Å²) in [4.78, 5) is 26.9. The van der Waals surface area contributed by atoms with Gasteiger partial charge in [-0.1, -0.05) is 11.3 Å². The fraction of sp³-hybridized carbons (Fsp3) is 0.400. The van der Waals surface area contributed by atoms with Crippen LogP contribution in [0.3, 0.4) is 0 Å². The normalized spacial score (nSPS) is 15.2. The summed E-state index contributed by atoms with van der Waals surface area (Å²) >= 11 is 1.17. The molecule has 1 saturated heterocycles. The van der Waals surface area contributed by atoms with E-state index >= 15 is 0 Å². The molecular formula is C15H17N5O4S. The third-order valence-corrected chi connectivity index (χ3v) is 4.98. The van der Waals surface area contributed by atoms with E-state index in [0.717, 1.165) is 13.1 Å². The summed E-state index contributed by atoms with van der Waals surface area (Å²) in [6.45, 7) is 2.99. The number of carbonyl (C=O) groups excluding carboxylic acids is 1. The smallest absolute Gasteiger partial charge is 0.310 e. The summed E-state index contributed by atoms with van der Waals surface area (Å²) in [6.07, 6.45) is 0. The highest BCUT2D eigenvalue weighted by Gasteiger charge is 2.24. The number of nitrogens with zero attached hydrogens (tertiary/aromatic N) is 5. The maximum atomic E-state index is 12.5. The molecule has 0 unspecified atom stereocenters. The Morgan fingerprint density at radius 2 is 2.00 bits per heavy atom. The molecule has 2 aromatic rings. The third kappa shape index (κ3) is 3.59. The number of piperazine rings is 1. The SMILES string of the molecule is COc1cc(-c2nnc(C(=O)N3CCN(C)CC3)s2)ccc1[N+](=O)[O-]. The van der Waals surface area contributed by atoms with Crippen molar-refractivity contribution < 1.29 is 14.5 Å². The van der Waals surface area contributed by atoms with Crippen molar-refractivity contribution in [1.82, 2.24) is 20.0 Å². The van der Waals surface area contributed by atoms with Crippen molar-refractivity contribution in [1.29, 1.82) is 0 Å². The molecule has 1 aromatic heterocycles. The van der Waals surface area contributed by atoms with Crippen LogP contribution in [-0.2, 0) is 0 Å². The first-order chi connectivity index (χ1) is 12.0. The molecule has 0 aliphatic carbocycles. The first-order valence-corrected chi connectivity index (χ1v) is 8.45. The van der Waals surface area contributed by atoms with Crippen LogP contribution in [0.5, 0.6) is 5.75 Å². The molecule has 0 spiro atoms. The maximum Gasteiger partial charge on any atom is 0.310 e. The van der Waals surface area contributed by atoms with Gasteiger partial charge < -0.3 is 14.5 Å². The van der Waals surface area contributed by atoms with Crippen molar-refractivity contribution in [3.05, 3.63) is 33.3 Å². The molecule has 0 radical (unpaired) electrons. The van der Waals surface area contributed by atoms with Gasteiger partial charge in [-0.2, -0.15) is 0 Å². The standard InChI is InChI=1S/C15H17N5O4S/c1-18-5-7-19(8-6-18)15(21)14-17-16-13(25-14)10-3-4-11(20(22)23)12(9-10)24-2/h3-4,9H,5-8H2,1-2H3. The van der Waals surface area contributed by atoms with Gasteiger partial charge in [-0.15, -0.1) is 10.2 Å². The number of rotatable bonds is 4. The number of nitro groups is 1. The van der Waals surface area contributed by atoms with Gasteiger partial charge in [0.1, 0.15) is 5.01 Å². The van der Waals surface area contributed by atoms with E-state index in [2.05, 4.69) is 15.1 Å². The molecule has 1 aromatic carbocycles. The van der Waals surface area contributed by atoms with E-state index in [1.54, 1.807) is 11.0 Å². The lowest BCUT2D eigenvalue weighted by Gasteiger charge is -2.31. The van der Waals surface area contributed by atoms with Gasteiger partial charge >= 0.3 is 5.69 Å². The molecular weight excluding hydrogens is 346 g/mol. The van der Waals surface area contributed by atoms with Crippen molar-refractivity contribution in [2.45, 2.75) is 0 Å². The zero-order chi connectivity index (χ0) is 18.0. The summed E-state index contributed by atoms with van der Waals surface area (Å²) < 4.78 is 5.06. The van der Waals surface area contributed by atoms with Crippen LogP contribution in [-0.4, -0.2) is 71.2 Å². The number of hydrogen-bond acceptors (Lipinski definition) is 8. The van der Waals surface area contributed by atoms with E-state index in [1.807, 2.05) is 7.05 Å². The lowest BCUT2D eigenvalue weighted by atomic mass is 10.2. The molecule has 0 N–H and O–H groups in total. The van der Waals surface area contributed by atoms with E-state index in [0.29, 0.717) is 28.7 Å². The number of methoxy groups -OCH3 is 1. The summed E-state index contributed by atoms with van der Waals surface area (Å²) in [7, 11) is 3.39. The summed E-state index contributed by atoms with van der Waals surface area (Å²) in [6, 6.07) is 4.46. The van der Waals surface area contributed by atoms with E-state index in [-0.39, 0.29) is 17.3 Å². The van der Waals surface area contributed by atoms with Gasteiger partial charge in [-0.25, -0.2) is 0 Å². The second kappa shape index (κ2) is 7.11. The summed E-state index contributed by atoms with van der Waals surface area (Å²) in [5.41, 5.74) is 0.502. The van der Waals surface area contributed by atoms with E-state index in [9.17, 15) is 14.9 Å². The number of hydrogen-bond donors (Lipinski definition) is 0. The van der Waals surface area contributed by atoms with E-state index in [4.69, 9.17) is 4.74 Å².